The zero-order valence-electron chi connectivity index (χ0n) is 17.3. The van der Waals surface area contributed by atoms with Crippen LogP contribution in [0.2, 0.25) is 0 Å². The number of carbonyl (C=O) groups excluding carboxylic acids is 1. The van der Waals surface area contributed by atoms with E-state index < -0.39 is 22.0 Å². The van der Waals surface area contributed by atoms with Crippen molar-refractivity contribution in [3.8, 4) is 0 Å². The molecule has 0 radical (unpaired) electrons. The maximum Gasteiger partial charge on any atom is 0.252 e. The average molecular weight is 467 g/mol. The third-order valence-electron chi connectivity index (χ3n) is 4.95. The Bertz CT molecular complexity index is 1300. The zero-order chi connectivity index (χ0) is 22.6. The Morgan fingerprint density at radius 3 is 2.59 bits per heavy atom. The van der Waals surface area contributed by atoms with Crippen molar-refractivity contribution >= 4 is 27.3 Å². The van der Waals surface area contributed by atoms with Crippen LogP contribution in [0.1, 0.15) is 32.7 Å². The molecule has 0 bridgehead atoms. The zero-order valence-corrected chi connectivity index (χ0v) is 18.9. The molecule has 9 heteroatoms. The summed E-state index contributed by atoms with van der Waals surface area (Å²) in [7, 11) is -1.90. The van der Waals surface area contributed by atoms with Crippen molar-refractivity contribution in [1.82, 2.24) is 19.6 Å². The Hall–Kier alpha value is -3.27. The van der Waals surface area contributed by atoms with Gasteiger partial charge < -0.3 is 9.88 Å². The van der Waals surface area contributed by atoms with Crippen molar-refractivity contribution in [2.75, 3.05) is 0 Å². The molecule has 32 heavy (non-hydrogen) atoms. The second-order valence-electron chi connectivity index (χ2n) is 7.15. The maximum absolute atomic E-state index is 13.1. The molecular formula is C23H22N4O3S2. The molecule has 7 nitrogen and oxygen atoms in total. The number of nitrogens with one attached hydrogen (secondary N) is 2. The standard InChI is InChI=1S/C23H22N4O3S2/c1-27-13-12-24-22(27)21(17-7-3-2-4-8-17)26-23(28)18-9-5-11-20(15-18)32(29,30)25-16-19-10-6-14-31-19/h2-15,21,25H,16H2,1H3,(H,26,28). The SMILES string of the molecule is Cn1ccnc1C(NC(=O)c1cccc(S(=O)(=O)NCc2cccs2)c1)c1ccccc1. The highest BCUT2D eigenvalue weighted by Gasteiger charge is 2.22. The van der Waals surface area contributed by atoms with Crippen LogP contribution in [0.25, 0.3) is 0 Å². The number of sulfonamides is 1. The van der Waals surface area contributed by atoms with Crippen molar-refractivity contribution in [3.05, 3.63) is 106 Å². The minimum absolute atomic E-state index is 0.0370. The summed E-state index contributed by atoms with van der Waals surface area (Å²) >= 11 is 1.47. The normalized spacial score (nSPS) is 12.4. The second kappa shape index (κ2) is 9.47. The lowest BCUT2D eigenvalue weighted by molar-refractivity contribution is 0.0941. The number of thiophene rings is 1. The molecular weight excluding hydrogens is 444 g/mol. The molecule has 1 atom stereocenters. The van der Waals surface area contributed by atoms with E-state index in [4.69, 9.17) is 0 Å². The van der Waals surface area contributed by atoms with Gasteiger partial charge in [-0.15, -0.1) is 11.3 Å². The summed E-state index contributed by atoms with van der Waals surface area (Å²) in [5, 5.41) is 4.88. The molecule has 2 aromatic carbocycles. The summed E-state index contributed by atoms with van der Waals surface area (Å²) in [6.45, 7) is 0.200. The van der Waals surface area contributed by atoms with Crippen LogP contribution in [-0.4, -0.2) is 23.9 Å². The van der Waals surface area contributed by atoms with Gasteiger partial charge in [0, 0.05) is 36.4 Å². The number of hydrogen-bond donors (Lipinski definition) is 2. The van der Waals surface area contributed by atoms with Gasteiger partial charge in [-0.2, -0.15) is 0 Å². The van der Waals surface area contributed by atoms with Crippen LogP contribution < -0.4 is 10.0 Å². The minimum Gasteiger partial charge on any atom is -0.338 e. The van der Waals surface area contributed by atoms with E-state index in [1.54, 1.807) is 18.3 Å². The Morgan fingerprint density at radius 1 is 1.09 bits per heavy atom. The lowest BCUT2D eigenvalue weighted by Gasteiger charge is -2.19. The van der Waals surface area contributed by atoms with Crippen LogP contribution >= 0.6 is 11.3 Å². The predicted octanol–water partition coefficient (Wildman–Crippen LogP) is 3.48. The van der Waals surface area contributed by atoms with E-state index in [1.807, 2.05) is 65.7 Å². The van der Waals surface area contributed by atoms with Gasteiger partial charge in [0.25, 0.3) is 5.91 Å². The largest absolute Gasteiger partial charge is 0.338 e. The van der Waals surface area contributed by atoms with Crippen molar-refractivity contribution in [1.29, 1.82) is 0 Å². The number of hydrogen-bond acceptors (Lipinski definition) is 5. The van der Waals surface area contributed by atoms with Gasteiger partial charge in [-0.1, -0.05) is 42.5 Å². The quantitative estimate of drug-likeness (QED) is 0.416. The first kappa shape index (κ1) is 21.9. The Labute approximate surface area is 190 Å². The number of rotatable bonds is 8. The summed E-state index contributed by atoms with van der Waals surface area (Å²) < 4.78 is 29.9. The van der Waals surface area contributed by atoms with Crippen LogP contribution in [0.4, 0.5) is 0 Å². The number of carbonyl (C=O) groups is 1. The molecule has 1 unspecified atom stereocenters. The Morgan fingerprint density at radius 2 is 1.91 bits per heavy atom. The van der Waals surface area contributed by atoms with E-state index in [0.29, 0.717) is 5.82 Å². The van der Waals surface area contributed by atoms with Crippen LogP contribution in [0.15, 0.2) is 89.4 Å². The maximum atomic E-state index is 13.1. The molecule has 0 fully saturated rings. The highest BCUT2D eigenvalue weighted by atomic mass is 32.2. The van der Waals surface area contributed by atoms with Crippen LogP contribution in [-0.2, 0) is 23.6 Å². The minimum atomic E-state index is -3.76. The third-order valence-corrected chi connectivity index (χ3v) is 7.22. The Kier molecular flexibility index (Phi) is 6.50. The third kappa shape index (κ3) is 4.96. The predicted molar refractivity (Wildman–Crippen MR) is 124 cm³/mol. The van der Waals surface area contributed by atoms with E-state index in [1.165, 1.54) is 23.5 Å². The van der Waals surface area contributed by atoms with E-state index >= 15 is 0 Å². The number of aromatic nitrogens is 2. The van der Waals surface area contributed by atoms with Gasteiger partial charge in [0.2, 0.25) is 10.0 Å². The lowest BCUT2D eigenvalue weighted by Crippen LogP contribution is -2.31. The van der Waals surface area contributed by atoms with Crippen LogP contribution in [0.5, 0.6) is 0 Å². The summed E-state index contributed by atoms with van der Waals surface area (Å²) in [6.07, 6.45) is 3.48. The number of imidazole rings is 1. The smallest absolute Gasteiger partial charge is 0.252 e. The van der Waals surface area contributed by atoms with Gasteiger partial charge >= 0.3 is 0 Å². The number of benzene rings is 2. The topological polar surface area (TPSA) is 93.1 Å². The van der Waals surface area contributed by atoms with E-state index in [9.17, 15) is 13.2 Å². The molecule has 2 heterocycles. The molecule has 0 saturated carbocycles. The summed E-state index contributed by atoms with van der Waals surface area (Å²) in [4.78, 5) is 18.4. The highest BCUT2D eigenvalue weighted by Crippen LogP contribution is 2.21. The lowest BCUT2D eigenvalue weighted by atomic mass is 10.1. The molecule has 2 aromatic heterocycles. The monoisotopic (exact) mass is 466 g/mol. The van der Waals surface area contributed by atoms with E-state index in [2.05, 4.69) is 15.0 Å². The molecule has 1 amide bonds. The van der Waals surface area contributed by atoms with Gasteiger partial charge in [0.1, 0.15) is 11.9 Å². The highest BCUT2D eigenvalue weighted by molar-refractivity contribution is 7.89. The first-order valence-corrected chi connectivity index (χ1v) is 12.3. The van der Waals surface area contributed by atoms with E-state index in [0.717, 1.165) is 10.4 Å². The van der Waals surface area contributed by atoms with Crippen LogP contribution in [0, 0.1) is 0 Å². The molecule has 4 aromatic rings. The number of amides is 1. The molecule has 164 valence electrons. The van der Waals surface area contributed by atoms with Crippen molar-refractivity contribution in [2.24, 2.45) is 7.05 Å². The number of aryl methyl sites for hydroxylation is 1. The number of nitrogens with zero attached hydrogens (tertiary/aromatic N) is 2. The second-order valence-corrected chi connectivity index (χ2v) is 9.94. The molecule has 2 N–H and O–H groups in total. The fourth-order valence-electron chi connectivity index (χ4n) is 3.28. The first-order chi connectivity index (χ1) is 15.4. The van der Waals surface area contributed by atoms with Gasteiger partial charge in [-0.25, -0.2) is 18.1 Å². The van der Waals surface area contributed by atoms with Gasteiger partial charge in [-0.3, -0.25) is 4.79 Å². The molecule has 0 saturated heterocycles. The summed E-state index contributed by atoms with van der Waals surface area (Å²) in [6, 6.07) is 18.8. The molecule has 0 aliphatic carbocycles. The van der Waals surface area contributed by atoms with Crippen molar-refractivity contribution < 1.29 is 13.2 Å². The molecule has 0 aliphatic heterocycles. The summed E-state index contributed by atoms with van der Waals surface area (Å²) in [5.74, 6) is 0.281. The average Bonchev–Trinajstić information content (AvgIpc) is 3.48. The van der Waals surface area contributed by atoms with E-state index in [-0.39, 0.29) is 17.0 Å². The fourth-order valence-corrected chi connectivity index (χ4v) is 5.07. The first-order valence-electron chi connectivity index (χ1n) is 9.89. The Balaban J connectivity index is 1.57. The summed E-state index contributed by atoms with van der Waals surface area (Å²) in [5.41, 5.74) is 1.12. The molecule has 4 rings (SSSR count). The van der Waals surface area contributed by atoms with Crippen molar-refractivity contribution in [3.63, 3.8) is 0 Å². The van der Waals surface area contributed by atoms with Gasteiger partial charge in [-0.05, 0) is 35.2 Å². The fraction of sp³-hybridized carbons (Fsp3) is 0.130. The molecule has 0 spiro atoms. The van der Waals surface area contributed by atoms with Gasteiger partial charge in [0.05, 0.1) is 4.90 Å². The molecule has 0 aliphatic rings. The van der Waals surface area contributed by atoms with Crippen LogP contribution in [0.3, 0.4) is 0 Å². The van der Waals surface area contributed by atoms with Gasteiger partial charge in [0.15, 0.2) is 0 Å². The van der Waals surface area contributed by atoms with Crippen molar-refractivity contribution in [2.45, 2.75) is 17.5 Å².